The van der Waals surface area contributed by atoms with Crippen molar-refractivity contribution in [3.05, 3.63) is 93.5 Å². The molecule has 8 heteroatoms. The second kappa shape index (κ2) is 10.2. The normalized spacial score (nSPS) is 14.1. The average Bonchev–Trinajstić information content (AvgIpc) is 3.53. The molecule has 1 aliphatic heterocycles. The molecule has 0 atom stereocenters. The molecule has 3 aromatic carbocycles. The van der Waals surface area contributed by atoms with Crippen LogP contribution in [0.1, 0.15) is 22.6 Å². The molecule has 6 aromatic rings. The summed E-state index contributed by atoms with van der Waals surface area (Å²) in [5.41, 5.74) is 5.80. The summed E-state index contributed by atoms with van der Waals surface area (Å²) in [5.74, 6) is 1.46. The monoisotopic (exact) mass is 551 g/mol. The summed E-state index contributed by atoms with van der Waals surface area (Å²) in [6.45, 7) is 7.93. The first-order valence-electron chi connectivity index (χ1n) is 13.5. The van der Waals surface area contributed by atoms with Crippen molar-refractivity contribution in [3.63, 3.8) is 0 Å². The quantitative estimate of drug-likeness (QED) is 0.251. The van der Waals surface area contributed by atoms with Gasteiger partial charge in [-0.3, -0.25) is 4.79 Å². The molecular weight excluding hydrogens is 522 g/mol. The van der Waals surface area contributed by atoms with E-state index in [2.05, 4.69) is 57.8 Å². The average molecular weight is 552 g/mol. The van der Waals surface area contributed by atoms with Crippen molar-refractivity contribution in [2.75, 3.05) is 31.2 Å². The van der Waals surface area contributed by atoms with Gasteiger partial charge < -0.3 is 23.9 Å². The second-order valence-electron chi connectivity index (χ2n) is 10.2. The van der Waals surface area contributed by atoms with Crippen LogP contribution in [0, 0.1) is 13.8 Å². The molecule has 1 aliphatic rings. The molecule has 202 valence electrons. The lowest BCUT2D eigenvalue weighted by atomic mass is 9.97. The maximum Gasteiger partial charge on any atom is 0.200 e. The van der Waals surface area contributed by atoms with Gasteiger partial charge in [-0.05, 0) is 31.5 Å². The van der Waals surface area contributed by atoms with Crippen LogP contribution in [0.15, 0.2) is 74.4 Å². The summed E-state index contributed by atoms with van der Waals surface area (Å²) >= 11 is 1.77. The van der Waals surface area contributed by atoms with E-state index in [9.17, 15) is 4.79 Å². The lowest BCUT2D eigenvalue weighted by Crippen LogP contribution is -2.36. The molecule has 3 aromatic heterocycles. The first-order valence-corrected chi connectivity index (χ1v) is 14.4. The number of thiophene rings is 1. The van der Waals surface area contributed by atoms with Crippen molar-refractivity contribution in [3.8, 4) is 11.1 Å². The Kier molecular flexibility index (Phi) is 6.38. The van der Waals surface area contributed by atoms with E-state index in [1.807, 2.05) is 26.0 Å². The van der Waals surface area contributed by atoms with Crippen molar-refractivity contribution < 1.29 is 13.7 Å². The molecule has 0 amide bonds. The third-order valence-electron chi connectivity index (χ3n) is 7.82. The predicted molar refractivity (Wildman–Crippen MR) is 160 cm³/mol. The van der Waals surface area contributed by atoms with E-state index < -0.39 is 0 Å². The number of hydrogen-bond acceptors (Lipinski definition) is 8. The molecule has 0 spiro atoms. The van der Waals surface area contributed by atoms with Gasteiger partial charge in [0.05, 0.1) is 30.8 Å². The summed E-state index contributed by atoms with van der Waals surface area (Å²) in [7, 11) is 0. The smallest absolute Gasteiger partial charge is 0.200 e. The van der Waals surface area contributed by atoms with Gasteiger partial charge in [-0.1, -0.05) is 47.6 Å². The highest BCUT2D eigenvalue weighted by Gasteiger charge is 2.20. The molecule has 0 unspecified atom stereocenters. The van der Waals surface area contributed by atoms with Crippen LogP contribution in [0.2, 0.25) is 0 Å². The van der Waals surface area contributed by atoms with Gasteiger partial charge in [0.15, 0.2) is 17.1 Å². The zero-order valence-electron chi connectivity index (χ0n) is 22.5. The fourth-order valence-corrected chi connectivity index (χ4v) is 6.79. The van der Waals surface area contributed by atoms with Crippen LogP contribution >= 0.6 is 11.3 Å². The Morgan fingerprint density at radius 2 is 1.77 bits per heavy atom. The van der Waals surface area contributed by atoms with Crippen LogP contribution in [0.5, 0.6) is 0 Å². The Labute approximate surface area is 234 Å². The highest BCUT2D eigenvalue weighted by atomic mass is 32.1. The van der Waals surface area contributed by atoms with Crippen molar-refractivity contribution in [1.82, 2.24) is 10.5 Å². The fraction of sp³-hybridized carbons (Fsp3) is 0.250. The highest BCUT2D eigenvalue weighted by molar-refractivity contribution is 7.26. The Morgan fingerprint density at radius 3 is 2.60 bits per heavy atom. The maximum absolute atomic E-state index is 13.2. The van der Waals surface area contributed by atoms with Gasteiger partial charge in [0.1, 0.15) is 5.58 Å². The molecule has 4 heterocycles. The number of hydrogen-bond donors (Lipinski definition) is 1. The van der Waals surface area contributed by atoms with E-state index in [4.69, 9.17) is 13.7 Å². The van der Waals surface area contributed by atoms with Gasteiger partial charge >= 0.3 is 0 Å². The van der Waals surface area contributed by atoms with Crippen LogP contribution in [-0.2, 0) is 17.8 Å². The number of fused-ring (bicyclic) bond motifs is 4. The first-order chi connectivity index (χ1) is 19.6. The summed E-state index contributed by atoms with van der Waals surface area (Å²) in [4.78, 5) is 15.3. The third kappa shape index (κ3) is 4.29. The minimum Gasteiger partial charge on any atom is -0.440 e. The number of para-hydroxylation sites is 1. The van der Waals surface area contributed by atoms with Crippen molar-refractivity contribution in [2.24, 2.45) is 0 Å². The second-order valence-corrected chi connectivity index (χ2v) is 11.3. The van der Waals surface area contributed by atoms with E-state index in [-0.39, 0.29) is 5.43 Å². The maximum atomic E-state index is 13.2. The number of aromatic nitrogens is 1. The van der Waals surface area contributed by atoms with Gasteiger partial charge in [-0.2, -0.15) is 0 Å². The molecule has 40 heavy (non-hydrogen) atoms. The highest BCUT2D eigenvalue weighted by Crippen LogP contribution is 2.43. The van der Waals surface area contributed by atoms with Crippen molar-refractivity contribution in [2.45, 2.75) is 26.9 Å². The van der Waals surface area contributed by atoms with Gasteiger partial charge in [-0.15, -0.1) is 11.3 Å². The Bertz CT molecular complexity index is 1930. The van der Waals surface area contributed by atoms with Crippen molar-refractivity contribution >= 4 is 48.4 Å². The van der Waals surface area contributed by atoms with E-state index in [0.717, 1.165) is 28.1 Å². The molecule has 0 aliphatic carbocycles. The zero-order chi connectivity index (χ0) is 27.2. The molecule has 1 saturated heterocycles. The molecule has 1 N–H and O–H groups in total. The van der Waals surface area contributed by atoms with Gasteiger partial charge in [0, 0.05) is 62.6 Å². The summed E-state index contributed by atoms with van der Waals surface area (Å²) < 4.78 is 19.9. The Hall–Kier alpha value is -3.98. The zero-order valence-corrected chi connectivity index (χ0v) is 23.3. The molecule has 7 rings (SSSR count). The Balaban J connectivity index is 1.35. The SMILES string of the molecule is Cc1noc(CNCc2ccc(-c3cccc4c(=O)cc(N5CCOCC5)oc34)c3sc4ccccc4c23)c1C. The molecule has 7 nitrogen and oxygen atoms in total. The van der Waals surface area contributed by atoms with E-state index in [1.54, 1.807) is 17.4 Å². The number of ether oxygens (including phenoxy) is 1. The number of anilines is 1. The van der Waals surface area contributed by atoms with Crippen LogP contribution in [-0.4, -0.2) is 31.5 Å². The van der Waals surface area contributed by atoms with Crippen LogP contribution in [0.25, 0.3) is 42.3 Å². The Morgan fingerprint density at radius 1 is 0.950 bits per heavy atom. The first kappa shape index (κ1) is 25.0. The van der Waals surface area contributed by atoms with E-state index >= 15 is 0 Å². The number of morpholine rings is 1. The third-order valence-corrected chi connectivity index (χ3v) is 9.03. The summed E-state index contributed by atoms with van der Waals surface area (Å²) in [6, 6.07) is 20.3. The lowest BCUT2D eigenvalue weighted by molar-refractivity contribution is 0.121. The number of benzene rings is 3. The number of nitrogens with one attached hydrogen (secondary N) is 1. The predicted octanol–water partition coefficient (Wildman–Crippen LogP) is 6.56. The molecule has 0 saturated carbocycles. The topological polar surface area (TPSA) is 80.7 Å². The van der Waals surface area contributed by atoms with Crippen LogP contribution in [0.4, 0.5) is 5.88 Å². The molecule has 1 fully saturated rings. The number of rotatable bonds is 6. The van der Waals surface area contributed by atoms with E-state index in [0.29, 0.717) is 56.2 Å². The lowest BCUT2D eigenvalue weighted by Gasteiger charge is -2.27. The number of nitrogens with zero attached hydrogens (tertiary/aromatic N) is 2. The van der Waals surface area contributed by atoms with Crippen LogP contribution in [0.3, 0.4) is 0 Å². The standard InChI is InChI=1S/C32H29N3O4S/c1-19-20(2)34-39-27(19)18-33-17-21-10-11-23(32-30(21)25-6-3-4-9-28(25)40-32)22-7-5-8-24-26(36)16-29(38-31(22)24)35-12-14-37-15-13-35/h3-11,16,33H,12-15,17-18H2,1-2H3. The minimum atomic E-state index is -0.0315. The van der Waals surface area contributed by atoms with Gasteiger partial charge in [0.2, 0.25) is 0 Å². The largest absolute Gasteiger partial charge is 0.440 e. The summed E-state index contributed by atoms with van der Waals surface area (Å²) in [5, 5.41) is 10.7. The van der Waals surface area contributed by atoms with Crippen molar-refractivity contribution in [1.29, 1.82) is 0 Å². The van der Waals surface area contributed by atoms with E-state index in [1.165, 1.54) is 25.7 Å². The fourth-order valence-electron chi connectivity index (χ4n) is 5.51. The van der Waals surface area contributed by atoms with Gasteiger partial charge in [-0.25, -0.2) is 0 Å². The van der Waals surface area contributed by atoms with Gasteiger partial charge in [0.25, 0.3) is 0 Å². The number of aryl methyl sites for hydroxylation is 1. The molecule has 0 bridgehead atoms. The molecule has 0 radical (unpaired) electrons. The van der Waals surface area contributed by atoms with Crippen LogP contribution < -0.4 is 15.6 Å². The summed E-state index contributed by atoms with van der Waals surface area (Å²) in [6.07, 6.45) is 0. The minimum absolute atomic E-state index is 0.0315. The molecular formula is C32H29N3O4S.